The number of carboxylic acids is 1. The molecule has 0 radical (unpaired) electrons. The summed E-state index contributed by atoms with van der Waals surface area (Å²) in [5.74, 6) is -0.287. The van der Waals surface area contributed by atoms with Crippen molar-refractivity contribution in [1.82, 2.24) is 5.32 Å². The van der Waals surface area contributed by atoms with E-state index in [-0.39, 0.29) is 17.7 Å². The Balaban J connectivity index is 2.00. The van der Waals surface area contributed by atoms with E-state index in [1.165, 1.54) is 0 Å². The molecular weight excluding hydrogens is 266 g/mol. The van der Waals surface area contributed by atoms with Crippen LogP contribution in [0, 0.1) is 41.4 Å². The molecule has 1 amide bonds. The second-order valence-electron chi connectivity index (χ2n) is 7.24. The molecule has 4 nitrogen and oxygen atoms in total. The molecule has 0 heterocycles. The van der Waals surface area contributed by atoms with Gasteiger partial charge in [-0.25, -0.2) is 0 Å². The third-order valence-electron chi connectivity index (χ3n) is 5.27. The third kappa shape index (κ3) is 3.14. The fourth-order valence-electron chi connectivity index (χ4n) is 4.09. The number of carboxylic acid groups (broad SMARTS) is 1. The van der Waals surface area contributed by atoms with Crippen LogP contribution in [0.15, 0.2) is 12.2 Å². The summed E-state index contributed by atoms with van der Waals surface area (Å²) in [6.45, 7) is 9.29. The van der Waals surface area contributed by atoms with Crippen LogP contribution in [0.2, 0.25) is 0 Å². The predicted molar refractivity (Wildman–Crippen MR) is 81.5 cm³/mol. The van der Waals surface area contributed by atoms with Crippen molar-refractivity contribution >= 4 is 11.9 Å². The molecule has 1 saturated carbocycles. The van der Waals surface area contributed by atoms with Gasteiger partial charge in [-0.15, -0.1) is 0 Å². The molecule has 0 aliphatic heterocycles. The minimum Gasteiger partial charge on any atom is -0.481 e. The molecule has 2 bridgehead atoms. The van der Waals surface area contributed by atoms with E-state index in [4.69, 9.17) is 0 Å². The van der Waals surface area contributed by atoms with E-state index in [0.717, 1.165) is 6.42 Å². The predicted octanol–water partition coefficient (Wildman–Crippen LogP) is 2.55. The van der Waals surface area contributed by atoms with Gasteiger partial charge in [0, 0.05) is 6.54 Å². The number of carbonyl (C=O) groups excluding carboxylic acids is 1. The van der Waals surface area contributed by atoms with Crippen molar-refractivity contribution in [3.8, 4) is 0 Å². The van der Waals surface area contributed by atoms with E-state index in [1.807, 2.05) is 12.2 Å². The first-order valence-electron chi connectivity index (χ1n) is 8.01. The molecule has 4 heteroatoms. The van der Waals surface area contributed by atoms with Crippen LogP contribution in [0.5, 0.6) is 0 Å². The second-order valence-corrected chi connectivity index (χ2v) is 7.24. The fraction of sp³-hybridized carbons (Fsp3) is 0.765. The molecule has 0 aromatic rings. The van der Waals surface area contributed by atoms with Gasteiger partial charge in [-0.1, -0.05) is 39.8 Å². The van der Waals surface area contributed by atoms with Crippen molar-refractivity contribution in [3.05, 3.63) is 12.2 Å². The zero-order chi connectivity index (χ0) is 15.7. The van der Waals surface area contributed by atoms with Crippen LogP contribution >= 0.6 is 0 Å². The monoisotopic (exact) mass is 293 g/mol. The summed E-state index contributed by atoms with van der Waals surface area (Å²) in [7, 11) is 0. The van der Waals surface area contributed by atoms with Gasteiger partial charge in [-0.05, 0) is 36.0 Å². The number of hydrogen-bond donors (Lipinski definition) is 2. The lowest BCUT2D eigenvalue weighted by Crippen LogP contribution is -2.43. The molecule has 0 saturated heterocycles. The standard InChI is InChI=1S/C17H27NO3/c1-9(2)13(10(3)4)8-18-16(19)14-11-5-6-12(7-11)15(14)17(20)21/h5-6,9-15H,7-8H2,1-4H3,(H,18,19)(H,20,21). The van der Waals surface area contributed by atoms with E-state index >= 15 is 0 Å². The highest BCUT2D eigenvalue weighted by molar-refractivity contribution is 5.86. The van der Waals surface area contributed by atoms with Gasteiger partial charge in [0.1, 0.15) is 0 Å². The Hall–Kier alpha value is -1.32. The minimum atomic E-state index is -0.837. The zero-order valence-electron chi connectivity index (χ0n) is 13.4. The van der Waals surface area contributed by atoms with Gasteiger partial charge in [0.25, 0.3) is 0 Å². The van der Waals surface area contributed by atoms with Crippen LogP contribution < -0.4 is 5.32 Å². The van der Waals surface area contributed by atoms with Gasteiger partial charge in [0.15, 0.2) is 0 Å². The lowest BCUT2D eigenvalue weighted by atomic mass is 9.81. The normalized spacial score (nSPS) is 30.6. The largest absolute Gasteiger partial charge is 0.481 e. The van der Waals surface area contributed by atoms with E-state index in [1.54, 1.807) is 0 Å². The SMILES string of the molecule is CC(C)C(CNC(=O)C1C2C=CC(C2)C1C(=O)O)C(C)C. The van der Waals surface area contributed by atoms with Crippen LogP contribution in [-0.4, -0.2) is 23.5 Å². The first-order chi connectivity index (χ1) is 9.82. The quantitative estimate of drug-likeness (QED) is 0.740. The molecule has 4 atom stereocenters. The van der Waals surface area contributed by atoms with Crippen molar-refractivity contribution in [2.75, 3.05) is 6.54 Å². The molecule has 0 spiro atoms. The minimum absolute atomic E-state index is 0.0363. The molecule has 2 rings (SSSR count). The number of amides is 1. The van der Waals surface area contributed by atoms with E-state index in [2.05, 4.69) is 33.0 Å². The van der Waals surface area contributed by atoms with Crippen molar-refractivity contribution in [2.45, 2.75) is 34.1 Å². The van der Waals surface area contributed by atoms with E-state index in [0.29, 0.717) is 24.3 Å². The lowest BCUT2D eigenvalue weighted by molar-refractivity contribution is -0.147. The van der Waals surface area contributed by atoms with Crippen LogP contribution in [0.3, 0.4) is 0 Å². The highest BCUT2D eigenvalue weighted by Gasteiger charge is 2.51. The van der Waals surface area contributed by atoms with Crippen LogP contribution in [0.4, 0.5) is 0 Å². The number of nitrogens with one attached hydrogen (secondary N) is 1. The molecule has 4 unspecified atom stereocenters. The first kappa shape index (κ1) is 16.1. The number of allylic oxidation sites excluding steroid dienone is 2. The number of rotatable bonds is 6. The van der Waals surface area contributed by atoms with Crippen LogP contribution in [-0.2, 0) is 9.59 Å². The summed E-state index contributed by atoms with van der Waals surface area (Å²) in [5.41, 5.74) is 0. The molecule has 21 heavy (non-hydrogen) atoms. The Morgan fingerprint density at radius 3 is 2.10 bits per heavy atom. The maximum absolute atomic E-state index is 12.5. The number of fused-ring (bicyclic) bond motifs is 2. The van der Waals surface area contributed by atoms with Crippen molar-refractivity contribution in [2.24, 2.45) is 41.4 Å². The third-order valence-corrected chi connectivity index (χ3v) is 5.27. The molecule has 0 aromatic carbocycles. The Bertz CT molecular complexity index is 433. The average Bonchev–Trinajstić information content (AvgIpc) is 2.97. The van der Waals surface area contributed by atoms with Crippen LogP contribution in [0.25, 0.3) is 0 Å². The van der Waals surface area contributed by atoms with Gasteiger partial charge in [0.05, 0.1) is 11.8 Å². The van der Waals surface area contributed by atoms with Crippen molar-refractivity contribution in [1.29, 1.82) is 0 Å². The zero-order valence-corrected chi connectivity index (χ0v) is 13.4. The maximum Gasteiger partial charge on any atom is 0.307 e. The first-order valence-corrected chi connectivity index (χ1v) is 8.01. The summed E-state index contributed by atoms with van der Waals surface area (Å²) in [6.07, 6.45) is 4.81. The highest BCUT2D eigenvalue weighted by Crippen LogP contribution is 2.48. The molecule has 2 aliphatic carbocycles. The highest BCUT2D eigenvalue weighted by atomic mass is 16.4. The van der Waals surface area contributed by atoms with E-state index < -0.39 is 17.8 Å². The van der Waals surface area contributed by atoms with Crippen molar-refractivity contribution < 1.29 is 14.7 Å². The lowest BCUT2D eigenvalue weighted by Gasteiger charge is -2.28. The summed E-state index contributed by atoms with van der Waals surface area (Å²) in [6, 6.07) is 0. The Kier molecular flexibility index (Phi) is 4.74. The molecule has 2 N–H and O–H groups in total. The average molecular weight is 293 g/mol. The molecule has 1 fully saturated rings. The van der Waals surface area contributed by atoms with Gasteiger partial charge >= 0.3 is 5.97 Å². The Labute approximate surface area is 127 Å². The summed E-state index contributed by atoms with van der Waals surface area (Å²) < 4.78 is 0. The van der Waals surface area contributed by atoms with Gasteiger partial charge < -0.3 is 10.4 Å². The van der Waals surface area contributed by atoms with Crippen LogP contribution in [0.1, 0.15) is 34.1 Å². The topological polar surface area (TPSA) is 66.4 Å². The van der Waals surface area contributed by atoms with Gasteiger partial charge in [0.2, 0.25) is 5.91 Å². The fourth-order valence-corrected chi connectivity index (χ4v) is 4.09. The number of aliphatic carboxylic acids is 1. The maximum atomic E-state index is 12.5. The smallest absolute Gasteiger partial charge is 0.307 e. The second kappa shape index (κ2) is 6.20. The molecule has 118 valence electrons. The van der Waals surface area contributed by atoms with E-state index in [9.17, 15) is 14.7 Å². The Morgan fingerprint density at radius 1 is 1.10 bits per heavy atom. The molecule has 0 aromatic heterocycles. The summed E-state index contributed by atoms with van der Waals surface area (Å²) >= 11 is 0. The summed E-state index contributed by atoms with van der Waals surface area (Å²) in [5, 5.41) is 12.4. The number of hydrogen-bond acceptors (Lipinski definition) is 2. The molecule has 2 aliphatic rings. The van der Waals surface area contributed by atoms with Gasteiger partial charge in [-0.2, -0.15) is 0 Å². The number of carbonyl (C=O) groups is 2. The summed E-state index contributed by atoms with van der Waals surface area (Å²) in [4.78, 5) is 23.9. The molecular formula is C17H27NO3. The Morgan fingerprint density at radius 2 is 1.62 bits per heavy atom. The van der Waals surface area contributed by atoms with Gasteiger partial charge in [-0.3, -0.25) is 9.59 Å². The van der Waals surface area contributed by atoms with Crippen molar-refractivity contribution in [3.63, 3.8) is 0 Å².